The van der Waals surface area contributed by atoms with E-state index in [4.69, 9.17) is 4.74 Å². The van der Waals surface area contributed by atoms with Crippen LogP contribution in [0.1, 0.15) is 10.4 Å². The van der Waals surface area contributed by atoms with Crippen LogP contribution < -0.4 is 10.1 Å². The fraction of sp³-hybridized carbons (Fsp3) is 0.0625. The highest BCUT2D eigenvalue weighted by Gasteiger charge is 2.09. The van der Waals surface area contributed by atoms with Gasteiger partial charge in [0.1, 0.15) is 11.3 Å². The molecule has 5 heteroatoms. The molecule has 3 aromatic rings. The lowest BCUT2D eigenvalue weighted by Gasteiger charge is -2.07. The molecule has 3 rings (SSSR count). The Bertz CT molecular complexity index is 788. The first-order valence-corrected chi connectivity index (χ1v) is 6.42. The summed E-state index contributed by atoms with van der Waals surface area (Å²) in [6, 6.07) is 10.9. The highest BCUT2D eigenvalue weighted by molar-refractivity contribution is 6.06. The fourth-order valence-corrected chi connectivity index (χ4v) is 2.06. The maximum absolute atomic E-state index is 12.2. The summed E-state index contributed by atoms with van der Waals surface area (Å²) in [7, 11) is 1.60. The molecule has 0 bridgehead atoms. The van der Waals surface area contributed by atoms with Gasteiger partial charge in [-0.2, -0.15) is 0 Å². The number of ether oxygens (including phenoxy) is 1. The third-order valence-corrected chi connectivity index (χ3v) is 3.08. The molecule has 0 saturated heterocycles. The summed E-state index contributed by atoms with van der Waals surface area (Å²) < 4.78 is 5.25. The number of hydrogen-bond acceptors (Lipinski definition) is 4. The van der Waals surface area contributed by atoms with Gasteiger partial charge in [0.25, 0.3) is 5.91 Å². The van der Waals surface area contributed by atoms with Gasteiger partial charge in [0, 0.05) is 17.8 Å². The molecule has 0 aliphatic carbocycles. The largest absolute Gasteiger partial charge is 0.494 e. The van der Waals surface area contributed by atoms with Crippen molar-refractivity contribution in [3.8, 4) is 5.75 Å². The van der Waals surface area contributed by atoms with Crippen LogP contribution in [0.5, 0.6) is 5.75 Å². The quantitative estimate of drug-likeness (QED) is 0.800. The van der Waals surface area contributed by atoms with Crippen molar-refractivity contribution in [1.29, 1.82) is 0 Å². The number of nitrogens with one attached hydrogen (secondary N) is 1. The Morgan fingerprint density at radius 2 is 2.10 bits per heavy atom. The summed E-state index contributed by atoms with van der Waals surface area (Å²) in [6.07, 6.45) is 4.78. The average molecular weight is 279 g/mol. The summed E-state index contributed by atoms with van der Waals surface area (Å²) in [4.78, 5) is 20.5. The van der Waals surface area contributed by atoms with Crippen molar-refractivity contribution in [2.75, 3.05) is 12.4 Å². The molecule has 0 radical (unpaired) electrons. The Hall–Kier alpha value is -2.95. The lowest BCUT2D eigenvalue weighted by Crippen LogP contribution is -2.12. The van der Waals surface area contributed by atoms with Gasteiger partial charge in [0.2, 0.25) is 0 Å². The number of carbonyl (C=O) groups excluding carboxylic acids is 1. The number of fused-ring (bicyclic) bond motifs is 1. The molecular formula is C16H13N3O2. The average Bonchev–Trinajstić information content (AvgIpc) is 2.54. The number of methoxy groups -OCH3 is 1. The number of benzene rings is 1. The van der Waals surface area contributed by atoms with Crippen molar-refractivity contribution in [2.24, 2.45) is 0 Å². The molecule has 0 aliphatic rings. The molecular weight excluding hydrogens is 266 g/mol. The second-order valence-electron chi connectivity index (χ2n) is 4.45. The van der Waals surface area contributed by atoms with E-state index in [2.05, 4.69) is 15.3 Å². The minimum Gasteiger partial charge on any atom is -0.494 e. The highest BCUT2D eigenvalue weighted by Crippen LogP contribution is 2.23. The highest BCUT2D eigenvalue weighted by atomic mass is 16.5. The zero-order valence-corrected chi connectivity index (χ0v) is 11.4. The minimum atomic E-state index is -0.222. The number of pyridine rings is 2. The molecule has 0 aliphatic heterocycles. The maximum atomic E-state index is 12.2. The van der Waals surface area contributed by atoms with E-state index in [1.165, 1.54) is 6.20 Å². The number of hydrogen-bond donors (Lipinski definition) is 1. The van der Waals surface area contributed by atoms with Crippen LogP contribution >= 0.6 is 0 Å². The second kappa shape index (κ2) is 5.58. The third-order valence-electron chi connectivity index (χ3n) is 3.08. The Kier molecular flexibility index (Phi) is 3.47. The predicted molar refractivity (Wildman–Crippen MR) is 80.5 cm³/mol. The van der Waals surface area contributed by atoms with Gasteiger partial charge in [-0.05, 0) is 24.3 Å². The summed E-state index contributed by atoms with van der Waals surface area (Å²) in [5, 5.41) is 3.63. The number of anilines is 1. The number of nitrogens with zero attached hydrogens (tertiary/aromatic N) is 2. The standard InChI is InChI=1S/C16H13N3O2/c1-21-14-6-2-4-11-8-12(9-18-15(11)14)16(20)19-13-5-3-7-17-10-13/h2-10H,1H3,(H,19,20). The van der Waals surface area contributed by atoms with Crippen molar-refractivity contribution >= 4 is 22.5 Å². The first kappa shape index (κ1) is 13.1. The Balaban J connectivity index is 1.92. The summed E-state index contributed by atoms with van der Waals surface area (Å²) in [5.41, 5.74) is 1.87. The van der Waals surface area contributed by atoms with Crippen LogP contribution in [-0.4, -0.2) is 23.0 Å². The van der Waals surface area contributed by atoms with Crippen molar-refractivity contribution in [3.05, 3.63) is 60.6 Å². The zero-order valence-electron chi connectivity index (χ0n) is 11.4. The van der Waals surface area contributed by atoms with Crippen molar-refractivity contribution in [3.63, 3.8) is 0 Å². The van der Waals surface area contributed by atoms with Gasteiger partial charge in [-0.15, -0.1) is 0 Å². The van der Waals surface area contributed by atoms with Crippen LogP contribution in [0.15, 0.2) is 55.0 Å². The Morgan fingerprint density at radius 3 is 2.86 bits per heavy atom. The van der Waals surface area contributed by atoms with E-state index in [0.29, 0.717) is 17.0 Å². The molecule has 0 atom stereocenters. The molecule has 0 saturated carbocycles. The summed E-state index contributed by atoms with van der Waals surface area (Å²) in [5.74, 6) is 0.465. The SMILES string of the molecule is COc1cccc2cc(C(=O)Nc3cccnc3)cnc12. The first-order chi connectivity index (χ1) is 10.3. The predicted octanol–water partition coefficient (Wildman–Crippen LogP) is 2.89. The van der Waals surface area contributed by atoms with Crippen LogP contribution in [0.4, 0.5) is 5.69 Å². The topological polar surface area (TPSA) is 64.1 Å². The van der Waals surface area contributed by atoms with Gasteiger partial charge in [-0.1, -0.05) is 12.1 Å². The maximum Gasteiger partial charge on any atom is 0.257 e. The second-order valence-corrected chi connectivity index (χ2v) is 4.45. The molecule has 2 heterocycles. The molecule has 21 heavy (non-hydrogen) atoms. The monoisotopic (exact) mass is 279 g/mol. The molecule has 0 fully saturated rings. The van der Waals surface area contributed by atoms with E-state index in [-0.39, 0.29) is 5.91 Å². The molecule has 0 spiro atoms. The molecule has 1 N–H and O–H groups in total. The van der Waals surface area contributed by atoms with Gasteiger partial charge < -0.3 is 10.1 Å². The normalized spacial score (nSPS) is 10.3. The molecule has 1 amide bonds. The van der Waals surface area contributed by atoms with Crippen LogP contribution in [0.25, 0.3) is 10.9 Å². The molecule has 2 aromatic heterocycles. The smallest absolute Gasteiger partial charge is 0.257 e. The number of aromatic nitrogens is 2. The van der Waals surface area contributed by atoms with Crippen LogP contribution in [0.3, 0.4) is 0 Å². The molecule has 1 aromatic carbocycles. The van der Waals surface area contributed by atoms with E-state index in [9.17, 15) is 4.79 Å². The number of amides is 1. The van der Waals surface area contributed by atoms with Crippen molar-refractivity contribution in [1.82, 2.24) is 9.97 Å². The van der Waals surface area contributed by atoms with Gasteiger partial charge in [0.15, 0.2) is 0 Å². The zero-order chi connectivity index (χ0) is 14.7. The number of rotatable bonds is 3. The molecule has 0 unspecified atom stereocenters. The molecule has 5 nitrogen and oxygen atoms in total. The lowest BCUT2D eigenvalue weighted by molar-refractivity contribution is 0.102. The third kappa shape index (κ3) is 2.67. The van der Waals surface area contributed by atoms with Gasteiger partial charge >= 0.3 is 0 Å². The van der Waals surface area contributed by atoms with Gasteiger partial charge in [-0.3, -0.25) is 14.8 Å². The van der Waals surface area contributed by atoms with Gasteiger partial charge in [0.05, 0.1) is 24.6 Å². The van der Waals surface area contributed by atoms with E-state index < -0.39 is 0 Å². The minimum absolute atomic E-state index is 0.222. The van der Waals surface area contributed by atoms with Crippen LogP contribution in [-0.2, 0) is 0 Å². The van der Waals surface area contributed by atoms with Crippen LogP contribution in [0.2, 0.25) is 0 Å². The van der Waals surface area contributed by atoms with E-state index in [1.54, 1.807) is 37.7 Å². The first-order valence-electron chi connectivity index (χ1n) is 6.42. The van der Waals surface area contributed by atoms with Gasteiger partial charge in [-0.25, -0.2) is 0 Å². The molecule has 104 valence electrons. The Morgan fingerprint density at radius 1 is 1.19 bits per heavy atom. The summed E-state index contributed by atoms with van der Waals surface area (Å²) >= 11 is 0. The van der Waals surface area contributed by atoms with E-state index in [1.807, 2.05) is 18.2 Å². The number of para-hydroxylation sites is 1. The van der Waals surface area contributed by atoms with E-state index >= 15 is 0 Å². The number of carbonyl (C=O) groups is 1. The van der Waals surface area contributed by atoms with E-state index in [0.717, 1.165) is 10.9 Å². The van der Waals surface area contributed by atoms with Crippen LogP contribution in [0, 0.1) is 0 Å². The lowest BCUT2D eigenvalue weighted by atomic mass is 10.1. The van der Waals surface area contributed by atoms with Crippen molar-refractivity contribution < 1.29 is 9.53 Å². The summed E-state index contributed by atoms with van der Waals surface area (Å²) in [6.45, 7) is 0. The Labute approximate surface area is 121 Å². The van der Waals surface area contributed by atoms with Crippen molar-refractivity contribution in [2.45, 2.75) is 0 Å². The fourth-order valence-electron chi connectivity index (χ4n) is 2.06.